The minimum absolute atomic E-state index is 0.0430. The summed E-state index contributed by atoms with van der Waals surface area (Å²) in [5.74, 6) is 0.761. The highest BCUT2D eigenvalue weighted by atomic mass is 16.5. The van der Waals surface area contributed by atoms with Crippen LogP contribution in [-0.4, -0.2) is 17.1 Å². The van der Waals surface area contributed by atoms with Crippen molar-refractivity contribution in [2.24, 2.45) is 0 Å². The smallest absolute Gasteiger partial charge is 0.244 e. The van der Waals surface area contributed by atoms with Crippen molar-refractivity contribution in [3.63, 3.8) is 0 Å². The van der Waals surface area contributed by atoms with Crippen LogP contribution >= 0.6 is 0 Å². The first-order valence-electron chi connectivity index (χ1n) is 7.75. The number of hydrogen-bond donors (Lipinski definition) is 1. The number of fused-ring (bicyclic) bond motifs is 1. The van der Waals surface area contributed by atoms with Crippen molar-refractivity contribution in [2.75, 3.05) is 11.9 Å². The number of anilines is 1. The predicted molar refractivity (Wildman–Crippen MR) is 92.9 cm³/mol. The van der Waals surface area contributed by atoms with Crippen molar-refractivity contribution in [1.29, 1.82) is 0 Å². The summed E-state index contributed by atoms with van der Waals surface area (Å²) < 4.78 is 7.43. The third-order valence-electron chi connectivity index (χ3n) is 3.77. The van der Waals surface area contributed by atoms with Crippen molar-refractivity contribution in [1.82, 2.24) is 4.57 Å². The molecule has 118 valence electrons. The molecule has 3 aromatic rings. The molecule has 1 heterocycles. The zero-order valence-corrected chi connectivity index (χ0v) is 13.4. The van der Waals surface area contributed by atoms with Crippen LogP contribution in [0.5, 0.6) is 5.75 Å². The summed E-state index contributed by atoms with van der Waals surface area (Å²) in [5.41, 5.74) is 2.92. The lowest BCUT2D eigenvalue weighted by Gasteiger charge is -2.10. The van der Waals surface area contributed by atoms with Gasteiger partial charge < -0.3 is 14.6 Å². The molecule has 0 fully saturated rings. The van der Waals surface area contributed by atoms with Crippen LogP contribution in [0.3, 0.4) is 0 Å². The number of amides is 1. The van der Waals surface area contributed by atoms with Crippen LogP contribution in [-0.2, 0) is 11.3 Å². The molecule has 23 heavy (non-hydrogen) atoms. The fourth-order valence-corrected chi connectivity index (χ4v) is 2.70. The zero-order valence-electron chi connectivity index (χ0n) is 13.4. The quantitative estimate of drug-likeness (QED) is 0.774. The Kier molecular flexibility index (Phi) is 4.33. The molecule has 0 bridgehead atoms. The van der Waals surface area contributed by atoms with E-state index in [-0.39, 0.29) is 5.91 Å². The summed E-state index contributed by atoms with van der Waals surface area (Å²) in [5, 5.41) is 4.08. The number of aryl methyl sites for hydroxylation is 1. The number of carbonyl (C=O) groups excluding carboxylic acids is 1. The van der Waals surface area contributed by atoms with Gasteiger partial charge in [0.25, 0.3) is 0 Å². The van der Waals surface area contributed by atoms with E-state index in [9.17, 15) is 4.79 Å². The molecule has 2 aromatic carbocycles. The van der Waals surface area contributed by atoms with E-state index in [0.29, 0.717) is 13.2 Å². The van der Waals surface area contributed by atoms with Crippen molar-refractivity contribution in [3.05, 3.63) is 60.3 Å². The standard InChI is InChI=1S/C19H20N2O2/c1-3-23-17-10-8-16(9-11-17)20-19(22)13-21-14(2)12-15-6-4-5-7-18(15)21/h4-12H,3,13H2,1-2H3,(H,20,22). The molecule has 0 atom stereocenters. The second-order valence-electron chi connectivity index (χ2n) is 5.44. The maximum absolute atomic E-state index is 12.3. The first-order chi connectivity index (χ1) is 11.2. The number of hydrogen-bond acceptors (Lipinski definition) is 2. The molecular formula is C19H20N2O2. The number of benzene rings is 2. The van der Waals surface area contributed by atoms with E-state index >= 15 is 0 Å². The van der Waals surface area contributed by atoms with Gasteiger partial charge in [-0.05, 0) is 55.6 Å². The van der Waals surface area contributed by atoms with E-state index in [1.54, 1.807) is 0 Å². The lowest BCUT2D eigenvalue weighted by Crippen LogP contribution is -2.19. The van der Waals surface area contributed by atoms with Gasteiger partial charge in [0.15, 0.2) is 0 Å². The summed E-state index contributed by atoms with van der Waals surface area (Å²) in [6.07, 6.45) is 0. The monoisotopic (exact) mass is 308 g/mol. The average molecular weight is 308 g/mol. The first-order valence-corrected chi connectivity index (χ1v) is 7.75. The van der Waals surface area contributed by atoms with Gasteiger partial charge in [-0.1, -0.05) is 18.2 Å². The van der Waals surface area contributed by atoms with Crippen molar-refractivity contribution >= 4 is 22.5 Å². The maximum Gasteiger partial charge on any atom is 0.244 e. The molecule has 0 saturated heterocycles. The molecule has 0 radical (unpaired) electrons. The predicted octanol–water partition coefficient (Wildman–Crippen LogP) is 3.99. The summed E-state index contributed by atoms with van der Waals surface area (Å²) >= 11 is 0. The van der Waals surface area contributed by atoms with Crippen LogP contribution in [0.4, 0.5) is 5.69 Å². The van der Waals surface area contributed by atoms with Crippen molar-refractivity contribution < 1.29 is 9.53 Å². The van der Waals surface area contributed by atoms with Crippen LogP contribution in [0.25, 0.3) is 10.9 Å². The minimum Gasteiger partial charge on any atom is -0.494 e. The number of nitrogens with one attached hydrogen (secondary N) is 1. The molecule has 0 aliphatic carbocycles. The Morgan fingerprint density at radius 3 is 2.61 bits per heavy atom. The molecule has 0 saturated carbocycles. The minimum atomic E-state index is -0.0430. The Bertz CT molecular complexity index is 819. The van der Waals surface area contributed by atoms with Gasteiger partial charge in [0.2, 0.25) is 5.91 Å². The molecule has 4 heteroatoms. The second kappa shape index (κ2) is 6.57. The molecule has 4 nitrogen and oxygen atoms in total. The molecule has 0 aliphatic rings. The van der Waals surface area contributed by atoms with Gasteiger partial charge in [-0.25, -0.2) is 0 Å². The van der Waals surface area contributed by atoms with Crippen LogP contribution in [0.2, 0.25) is 0 Å². The Labute approximate surface area is 135 Å². The Morgan fingerprint density at radius 2 is 1.87 bits per heavy atom. The Balaban J connectivity index is 1.72. The average Bonchev–Trinajstić information content (AvgIpc) is 2.85. The first kappa shape index (κ1) is 15.2. The third-order valence-corrected chi connectivity index (χ3v) is 3.77. The lowest BCUT2D eigenvalue weighted by atomic mass is 10.2. The number of ether oxygens (including phenoxy) is 1. The van der Waals surface area contributed by atoms with E-state index in [4.69, 9.17) is 4.74 Å². The molecule has 0 unspecified atom stereocenters. The van der Waals surface area contributed by atoms with Crippen LogP contribution in [0.15, 0.2) is 54.6 Å². The molecule has 3 rings (SSSR count). The summed E-state index contributed by atoms with van der Waals surface area (Å²) in [6.45, 7) is 4.89. The topological polar surface area (TPSA) is 43.3 Å². The largest absolute Gasteiger partial charge is 0.494 e. The van der Waals surface area contributed by atoms with Gasteiger partial charge in [-0.3, -0.25) is 4.79 Å². The van der Waals surface area contributed by atoms with Gasteiger partial charge in [0, 0.05) is 16.9 Å². The van der Waals surface area contributed by atoms with Crippen LogP contribution in [0.1, 0.15) is 12.6 Å². The van der Waals surface area contributed by atoms with E-state index in [1.807, 2.05) is 60.9 Å². The third kappa shape index (κ3) is 3.37. The SMILES string of the molecule is CCOc1ccc(NC(=O)Cn2c(C)cc3ccccc32)cc1. The fourth-order valence-electron chi connectivity index (χ4n) is 2.70. The van der Waals surface area contributed by atoms with Crippen molar-refractivity contribution in [3.8, 4) is 5.75 Å². The van der Waals surface area contributed by atoms with Gasteiger partial charge in [-0.15, -0.1) is 0 Å². The molecule has 1 N–H and O–H groups in total. The van der Waals surface area contributed by atoms with E-state index in [1.165, 1.54) is 0 Å². The lowest BCUT2D eigenvalue weighted by molar-refractivity contribution is -0.116. The Morgan fingerprint density at radius 1 is 1.13 bits per heavy atom. The van der Waals surface area contributed by atoms with Crippen LogP contribution < -0.4 is 10.1 Å². The fraction of sp³-hybridized carbons (Fsp3) is 0.211. The summed E-state index contributed by atoms with van der Waals surface area (Å²) in [4.78, 5) is 12.3. The summed E-state index contributed by atoms with van der Waals surface area (Å²) in [6, 6.07) is 17.6. The highest BCUT2D eigenvalue weighted by Gasteiger charge is 2.09. The van der Waals surface area contributed by atoms with Crippen LogP contribution in [0, 0.1) is 6.92 Å². The number of carbonyl (C=O) groups is 1. The normalized spacial score (nSPS) is 10.7. The van der Waals surface area contributed by atoms with Gasteiger partial charge >= 0.3 is 0 Å². The number of rotatable bonds is 5. The van der Waals surface area contributed by atoms with E-state index < -0.39 is 0 Å². The molecule has 1 aromatic heterocycles. The highest BCUT2D eigenvalue weighted by molar-refractivity contribution is 5.92. The van der Waals surface area contributed by atoms with E-state index in [2.05, 4.69) is 17.4 Å². The Hall–Kier alpha value is -2.75. The maximum atomic E-state index is 12.3. The molecule has 1 amide bonds. The summed E-state index contributed by atoms with van der Waals surface area (Å²) in [7, 11) is 0. The van der Waals surface area contributed by atoms with Gasteiger partial charge in [0.05, 0.1) is 6.61 Å². The second-order valence-corrected chi connectivity index (χ2v) is 5.44. The van der Waals surface area contributed by atoms with Crippen molar-refractivity contribution in [2.45, 2.75) is 20.4 Å². The highest BCUT2D eigenvalue weighted by Crippen LogP contribution is 2.20. The zero-order chi connectivity index (χ0) is 16.2. The molecule has 0 spiro atoms. The number of para-hydroxylation sites is 1. The molecular weight excluding hydrogens is 288 g/mol. The molecule has 0 aliphatic heterocycles. The van der Waals surface area contributed by atoms with E-state index in [0.717, 1.165) is 28.0 Å². The van der Waals surface area contributed by atoms with Gasteiger partial charge in [-0.2, -0.15) is 0 Å². The number of aromatic nitrogens is 1. The number of nitrogens with zero attached hydrogens (tertiary/aromatic N) is 1. The van der Waals surface area contributed by atoms with Gasteiger partial charge in [0.1, 0.15) is 12.3 Å².